The minimum Gasteiger partial charge on any atom is -0.343 e. The zero-order valence-electron chi connectivity index (χ0n) is 11.5. The van der Waals surface area contributed by atoms with E-state index in [0.717, 1.165) is 25.9 Å². The van der Waals surface area contributed by atoms with Crippen LogP contribution in [-0.2, 0) is 9.59 Å². The largest absolute Gasteiger partial charge is 0.343 e. The summed E-state index contributed by atoms with van der Waals surface area (Å²) in [4.78, 5) is 28.1. The summed E-state index contributed by atoms with van der Waals surface area (Å²) in [7, 11) is 0. The standard InChI is InChI=1S/C14H24N2O2/c1-3-15(4-2)14(18)11-9-13(17)16(10-11)12-7-5-6-8-12/h11-12H,3-10H2,1-2H3/t11-/m0/s1. The summed E-state index contributed by atoms with van der Waals surface area (Å²) >= 11 is 0. The zero-order valence-corrected chi connectivity index (χ0v) is 11.5. The van der Waals surface area contributed by atoms with E-state index in [4.69, 9.17) is 0 Å². The maximum absolute atomic E-state index is 12.3. The molecule has 0 N–H and O–H groups in total. The van der Waals surface area contributed by atoms with Crippen molar-refractivity contribution in [1.82, 2.24) is 9.80 Å². The fourth-order valence-electron chi connectivity index (χ4n) is 3.26. The molecule has 0 aromatic heterocycles. The second kappa shape index (κ2) is 5.72. The Morgan fingerprint density at radius 3 is 2.44 bits per heavy atom. The highest BCUT2D eigenvalue weighted by Gasteiger charge is 2.39. The number of rotatable bonds is 4. The quantitative estimate of drug-likeness (QED) is 0.763. The highest BCUT2D eigenvalue weighted by atomic mass is 16.2. The summed E-state index contributed by atoms with van der Waals surface area (Å²) in [6.07, 6.45) is 5.12. The van der Waals surface area contributed by atoms with Crippen molar-refractivity contribution in [1.29, 1.82) is 0 Å². The summed E-state index contributed by atoms with van der Waals surface area (Å²) < 4.78 is 0. The highest BCUT2D eigenvalue weighted by Crippen LogP contribution is 2.30. The smallest absolute Gasteiger partial charge is 0.227 e. The van der Waals surface area contributed by atoms with Gasteiger partial charge in [-0.25, -0.2) is 0 Å². The number of carbonyl (C=O) groups is 2. The van der Waals surface area contributed by atoms with Crippen molar-refractivity contribution in [2.45, 2.75) is 52.0 Å². The molecule has 0 radical (unpaired) electrons. The number of hydrogen-bond donors (Lipinski definition) is 0. The van der Waals surface area contributed by atoms with E-state index in [-0.39, 0.29) is 17.7 Å². The van der Waals surface area contributed by atoms with Gasteiger partial charge in [-0.05, 0) is 26.7 Å². The monoisotopic (exact) mass is 252 g/mol. The van der Waals surface area contributed by atoms with E-state index in [1.165, 1.54) is 12.8 Å². The molecule has 1 heterocycles. The molecule has 0 spiro atoms. The molecule has 4 nitrogen and oxygen atoms in total. The molecule has 0 aromatic rings. The van der Waals surface area contributed by atoms with Gasteiger partial charge in [-0.3, -0.25) is 9.59 Å². The van der Waals surface area contributed by atoms with Crippen LogP contribution in [0.2, 0.25) is 0 Å². The predicted molar refractivity (Wildman–Crippen MR) is 70.0 cm³/mol. The van der Waals surface area contributed by atoms with E-state index in [1.807, 2.05) is 23.6 Å². The Hall–Kier alpha value is -1.06. The lowest BCUT2D eigenvalue weighted by molar-refractivity contribution is -0.135. The van der Waals surface area contributed by atoms with E-state index in [2.05, 4.69) is 0 Å². The summed E-state index contributed by atoms with van der Waals surface area (Å²) in [6.45, 7) is 6.12. The maximum atomic E-state index is 12.3. The van der Waals surface area contributed by atoms with Gasteiger partial charge in [-0.15, -0.1) is 0 Å². The molecule has 2 fully saturated rings. The number of likely N-dealkylation sites (tertiary alicyclic amines) is 1. The van der Waals surface area contributed by atoms with Gasteiger partial charge < -0.3 is 9.80 Å². The molecule has 1 aliphatic heterocycles. The van der Waals surface area contributed by atoms with Crippen molar-refractivity contribution in [3.05, 3.63) is 0 Å². The first-order valence-electron chi connectivity index (χ1n) is 7.25. The molecule has 4 heteroatoms. The molecule has 0 bridgehead atoms. The van der Waals surface area contributed by atoms with Crippen LogP contribution in [0.3, 0.4) is 0 Å². The van der Waals surface area contributed by atoms with E-state index in [9.17, 15) is 9.59 Å². The Balaban J connectivity index is 1.97. The Bertz CT molecular complexity index is 320. The van der Waals surface area contributed by atoms with Gasteiger partial charge in [0.2, 0.25) is 11.8 Å². The molecule has 1 atom stereocenters. The van der Waals surface area contributed by atoms with E-state index >= 15 is 0 Å². The lowest BCUT2D eigenvalue weighted by atomic mass is 10.1. The van der Waals surface area contributed by atoms with Crippen molar-refractivity contribution in [2.75, 3.05) is 19.6 Å². The molecular weight excluding hydrogens is 228 g/mol. The first kappa shape index (κ1) is 13.4. The average molecular weight is 252 g/mol. The van der Waals surface area contributed by atoms with E-state index < -0.39 is 0 Å². The van der Waals surface area contributed by atoms with Crippen LogP contribution in [0.1, 0.15) is 46.0 Å². The molecule has 0 aromatic carbocycles. The first-order valence-corrected chi connectivity index (χ1v) is 7.25. The topological polar surface area (TPSA) is 40.6 Å². The third kappa shape index (κ3) is 2.52. The van der Waals surface area contributed by atoms with E-state index in [0.29, 0.717) is 19.0 Å². The highest BCUT2D eigenvalue weighted by molar-refractivity contribution is 5.89. The Kier molecular flexibility index (Phi) is 4.25. The van der Waals surface area contributed by atoms with Crippen LogP contribution in [0.4, 0.5) is 0 Å². The van der Waals surface area contributed by atoms with Gasteiger partial charge in [0.15, 0.2) is 0 Å². The second-order valence-electron chi connectivity index (χ2n) is 5.40. The summed E-state index contributed by atoms with van der Waals surface area (Å²) in [6, 6.07) is 0.409. The number of carbonyl (C=O) groups excluding carboxylic acids is 2. The van der Waals surface area contributed by atoms with E-state index in [1.54, 1.807) is 0 Å². The molecule has 1 saturated heterocycles. The molecule has 1 saturated carbocycles. The molecule has 2 amide bonds. The van der Waals surface area contributed by atoms with Gasteiger partial charge in [-0.2, -0.15) is 0 Å². The Morgan fingerprint density at radius 2 is 1.89 bits per heavy atom. The van der Waals surface area contributed by atoms with Crippen molar-refractivity contribution < 1.29 is 9.59 Å². The Morgan fingerprint density at radius 1 is 1.28 bits per heavy atom. The van der Waals surface area contributed by atoms with Crippen LogP contribution >= 0.6 is 0 Å². The van der Waals surface area contributed by atoms with Crippen LogP contribution in [0.5, 0.6) is 0 Å². The van der Waals surface area contributed by atoms with Crippen LogP contribution in [0, 0.1) is 5.92 Å². The van der Waals surface area contributed by atoms with Gasteiger partial charge in [0.1, 0.15) is 0 Å². The maximum Gasteiger partial charge on any atom is 0.227 e. The molecular formula is C14H24N2O2. The van der Waals surface area contributed by atoms with Crippen LogP contribution in [0.25, 0.3) is 0 Å². The minimum atomic E-state index is -0.0991. The van der Waals surface area contributed by atoms with Crippen LogP contribution in [0.15, 0.2) is 0 Å². The van der Waals surface area contributed by atoms with Gasteiger partial charge in [-0.1, -0.05) is 12.8 Å². The Labute approximate surface area is 109 Å². The molecule has 1 aliphatic carbocycles. The lowest BCUT2D eigenvalue weighted by Crippen LogP contribution is -2.39. The summed E-state index contributed by atoms with van der Waals surface area (Å²) in [5, 5.41) is 0. The summed E-state index contributed by atoms with van der Waals surface area (Å²) in [5.41, 5.74) is 0. The minimum absolute atomic E-state index is 0.0991. The van der Waals surface area contributed by atoms with Crippen LogP contribution < -0.4 is 0 Å². The predicted octanol–water partition coefficient (Wildman–Crippen LogP) is 1.65. The summed E-state index contributed by atoms with van der Waals surface area (Å²) in [5.74, 6) is 0.249. The van der Waals surface area contributed by atoms with Crippen molar-refractivity contribution >= 4 is 11.8 Å². The molecule has 18 heavy (non-hydrogen) atoms. The fraction of sp³-hybridized carbons (Fsp3) is 0.857. The molecule has 2 aliphatic rings. The van der Waals surface area contributed by atoms with Gasteiger partial charge in [0.25, 0.3) is 0 Å². The molecule has 102 valence electrons. The third-order valence-corrected chi connectivity index (χ3v) is 4.35. The first-order chi connectivity index (χ1) is 8.67. The van der Waals surface area contributed by atoms with Gasteiger partial charge >= 0.3 is 0 Å². The average Bonchev–Trinajstić information content (AvgIpc) is 2.99. The third-order valence-electron chi connectivity index (χ3n) is 4.35. The fourth-order valence-corrected chi connectivity index (χ4v) is 3.26. The second-order valence-corrected chi connectivity index (χ2v) is 5.40. The van der Waals surface area contributed by atoms with Crippen molar-refractivity contribution in [3.63, 3.8) is 0 Å². The lowest BCUT2D eigenvalue weighted by Gasteiger charge is -2.25. The normalized spacial score (nSPS) is 24.9. The molecule has 0 unspecified atom stereocenters. The zero-order chi connectivity index (χ0) is 13.1. The number of hydrogen-bond acceptors (Lipinski definition) is 2. The van der Waals surface area contributed by atoms with Crippen molar-refractivity contribution in [2.24, 2.45) is 5.92 Å². The number of nitrogens with zero attached hydrogens (tertiary/aromatic N) is 2. The van der Waals surface area contributed by atoms with Crippen LogP contribution in [-0.4, -0.2) is 47.3 Å². The number of amides is 2. The van der Waals surface area contributed by atoms with Gasteiger partial charge in [0.05, 0.1) is 5.92 Å². The SMILES string of the molecule is CCN(CC)C(=O)[C@H]1CC(=O)N(C2CCCC2)C1. The van der Waals surface area contributed by atoms with Gasteiger partial charge in [0, 0.05) is 32.1 Å². The van der Waals surface area contributed by atoms with Crippen molar-refractivity contribution in [3.8, 4) is 0 Å². The molecule has 2 rings (SSSR count).